The maximum Gasteiger partial charge on any atom is 0.416 e. The number of nitrogens with zero attached hydrogens (tertiary/aromatic N) is 4. The highest BCUT2D eigenvalue weighted by atomic mass is 35.5. The SMILES string of the molecule is CN(C)CCOc1cnc(N)c(C#Cc2cc(C(=O)Nc3ccc(CN4CCN(C)CC4)c(C(F)(F)F)c3)ccc2Cl)c1. The first-order valence-corrected chi connectivity index (χ1v) is 14.0. The van der Waals surface area contributed by atoms with E-state index in [-0.39, 0.29) is 29.2 Å². The van der Waals surface area contributed by atoms with E-state index < -0.39 is 17.6 Å². The second-order valence-electron chi connectivity index (χ2n) is 10.6. The van der Waals surface area contributed by atoms with Gasteiger partial charge in [-0.1, -0.05) is 29.5 Å². The molecule has 2 aromatic carbocycles. The molecule has 1 aliphatic heterocycles. The lowest BCUT2D eigenvalue weighted by Crippen LogP contribution is -2.44. The number of amides is 1. The number of likely N-dealkylation sites (N-methyl/N-ethyl adjacent to an activating group) is 2. The molecular weight excluding hydrogens is 581 g/mol. The Bertz CT molecular complexity index is 1510. The summed E-state index contributed by atoms with van der Waals surface area (Å²) in [7, 11) is 5.86. The van der Waals surface area contributed by atoms with Crippen LogP contribution in [0.15, 0.2) is 48.7 Å². The van der Waals surface area contributed by atoms with Crippen LogP contribution in [0.3, 0.4) is 0 Å². The normalized spacial score (nSPS) is 14.3. The first kappa shape index (κ1) is 32.1. The average molecular weight is 615 g/mol. The highest BCUT2D eigenvalue weighted by Gasteiger charge is 2.34. The number of nitrogens with two attached hydrogens (primary N) is 1. The molecule has 1 aliphatic rings. The molecule has 0 aliphatic carbocycles. The van der Waals surface area contributed by atoms with E-state index in [1.165, 1.54) is 36.5 Å². The second kappa shape index (κ2) is 14.1. The van der Waals surface area contributed by atoms with Crippen molar-refractivity contribution in [1.82, 2.24) is 19.7 Å². The molecule has 0 atom stereocenters. The van der Waals surface area contributed by atoms with Gasteiger partial charge >= 0.3 is 6.18 Å². The summed E-state index contributed by atoms with van der Waals surface area (Å²) in [6.45, 7) is 4.32. The Morgan fingerprint density at radius 3 is 2.51 bits per heavy atom. The summed E-state index contributed by atoms with van der Waals surface area (Å²) < 4.78 is 47.6. The summed E-state index contributed by atoms with van der Waals surface area (Å²) in [4.78, 5) is 23.3. The number of benzene rings is 2. The van der Waals surface area contributed by atoms with Crippen molar-refractivity contribution in [3.63, 3.8) is 0 Å². The number of hydrogen-bond acceptors (Lipinski definition) is 7. The first-order valence-electron chi connectivity index (χ1n) is 13.7. The van der Waals surface area contributed by atoms with Crippen LogP contribution in [0, 0.1) is 11.8 Å². The van der Waals surface area contributed by atoms with Crippen molar-refractivity contribution in [2.45, 2.75) is 12.7 Å². The second-order valence-corrected chi connectivity index (χ2v) is 11.0. The fourth-order valence-corrected chi connectivity index (χ4v) is 4.55. The number of halogens is 4. The molecule has 1 aromatic heterocycles. The molecule has 12 heteroatoms. The molecule has 228 valence electrons. The van der Waals surface area contributed by atoms with Crippen molar-refractivity contribution in [2.24, 2.45) is 0 Å². The van der Waals surface area contributed by atoms with E-state index >= 15 is 0 Å². The summed E-state index contributed by atoms with van der Waals surface area (Å²) in [6.07, 6.45) is -3.06. The van der Waals surface area contributed by atoms with Crippen molar-refractivity contribution in [3.05, 3.63) is 81.5 Å². The fraction of sp³-hybridized carbons (Fsp3) is 0.355. The maximum atomic E-state index is 14.0. The summed E-state index contributed by atoms with van der Waals surface area (Å²) in [5, 5.41) is 2.86. The van der Waals surface area contributed by atoms with Crippen LogP contribution >= 0.6 is 11.6 Å². The number of aromatic nitrogens is 1. The number of alkyl halides is 3. The number of anilines is 2. The van der Waals surface area contributed by atoms with E-state index in [4.69, 9.17) is 22.1 Å². The number of hydrogen-bond donors (Lipinski definition) is 2. The van der Waals surface area contributed by atoms with Gasteiger partial charge in [-0.2, -0.15) is 13.2 Å². The molecule has 4 rings (SSSR count). The van der Waals surface area contributed by atoms with Gasteiger partial charge in [-0.25, -0.2) is 4.98 Å². The number of rotatable bonds is 8. The van der Waals surface area contributed by atoms with Crippen LogP contribution in [0.2, 0.25) is 5.02 Å². The van der Waals surface area contributed by atoms with Crippen LogP contribution in [-0.4, -0.2) is 86.1 Å². The molecule has 0 spiro atoms. The van der Waals surface area contributed by atoms with E-state index in [0.717, 1.165) is 19.2 Å². The number of carbonyl (C=O) groups excluding carboxylic acids is 1. The monoisotopic (exact) mass is 614 g/mol. The molecule has 2 heterocycles. The van der Waals surface area contributed by atoms with Crippen molar-refractivity contribution in [2.75, 3.05) is 71.5 Å². The number of ether oxygens (including phenoxy) is 1. The number of nitrogens with one attached hydrogen (secondary N) is 1. The Morgan fingerprint density at radius 2 is 1.81 bits per heavy atom. The predicted molar refractivity (Wildman–Crippen MR) is 162 cm³/mol. The Morgan fingerprint density at radius 1 is 1.09 bits per heavy atom. The van der Waals surface area contributed by atoms with Crippen molar-refractivity contribution in [3.8, 4) is 17.6 Å². The van der Waals surface area contributed by atoms with E-state index in [9.17, 15) is 18.0 Å². The summed E-state index contributed by atoms with van der Waals surface area (Å²) >= 11 is 6.33. The maximum absolute atomic E-state index is 14.0. The van der Waals surface area contributed by atoms with Gasteiger partial charge in [0.2, 0.25) is 0 Å². The highest BCUT2D eigenvalue weighted by molar-refractivity contribution is 6.32. The van der Waals surface area contributed by atoms with E-state index in [1.54, 1.807) is 6.07 Å². The van der Waals surface area contributed by atoms with Crippen molar-refractivity contribution >= 4 is 29.0 Å². The molecule has 3 N–H and O–H groups in total. The van der Waals surface area contributed by atoms with Gasteiger partial charge in [-0.15, -0.1) is 0 Å². The van der Waals surface area contributed by atoms with E-state index in [2.05, 4.69) is 27.0 Å². The minimum atomic E-state index is -4.57. The molecule has 1 fully saturated rings. The summed E-state index contributed by atoms with van der Waals surface area (Å²) in [6, 6.07) is 10.0. The number of piperazine rings is 1. The van der Waals surface area contributed by atoms with Gasteiger partial charge in [0, 0.05) is 62.1 Å². The van der Waals surface area contributed by atoms with E-state index in [1.807, 2.05) is 30.9 Å². The third-order valence-corrected chi connectivity index (χ3v) is 7.25. The van der Waals surface area contributed by atoms with Crippen molar-refractivity contribution in [1.29, 1.82) is 0 Å². The van der Waals surface area contributed by atoms with Gasteiger partial charge in [0.25, 0.3) is 5.91 Å². The van der Waals surface area contributed by atoms with Crippen LogP contribution in [0.5, 0.6) is 5.75 Å². The minimum absolute atomic E-state index is 0.0342. The van der Waals surface area contributed by atoms with Gasteiger partial charge < -0.3 is 25.6 Å². The van der Waals surface area contributed by atoms with Gasteiger partial charge in [-0.3, -0.25) is 9.69 Å². The standard InChI is InChI=1S/C31H34ClF3N6O2/c1-39(2)14-15-43-26-17-22(29(36)37-19-26)5-4-21-16-23(7-9-28(21)32)30(42)38-25-8-6-24(27(18-25)31(33,34)35)20-41-12-10-40(3)11-13-41/h6-9,16-19H,10-15,20H2,1-3H3,(H2,36,37)(H,38,42). The molecule has 1 saturated heterocycles. The quantitative estimate of drug-likeness (QED) is 0.357. The summed E-state index contributed by atoms with van der Waals surface area (Å²) in [5.41, 5.74) is 6.35. The molecule has 0 bridgehead atoms. The third kappa shape index (κ3) is 9.08. The predicted octanol–water partition coefficient (Wildman–Crippen LogP) is 4.68. The van der Waals surface area contributed by atoms with Gasteiger partial charge in [0.15, 0.2) is 0 Å². The van der Waals surface area contributed by atoms with Crippen LogP contribution in [0.4, 0.5) is 24.7 Å². The lowest BCUT2D eigenvalue weighted by atomic mass is 10.0. The Balaban J connectivity index is 1.50. The Kier molecular flexibility index (Phi) is 10.5. The zero-order valence-corrected chi connectivity index (χ0v) is 25.0. The molecule has 0 saturated carbocycles. The number of nitrogen functional groups attached to an aromatic ring is 1. The lowest BCUT2D eigenvalue weighted by molar-refractivity contribution is -0.138. The fourth-order valence-electron chi connectivity index (χ4n) is 4.38. The van der Waals surface area contributed by atoms with Crippen LogP contribution < -0.4 is 15.8 Å². The smallest absolute Gasteiger partial charge is 0.416 e. The average Bonchev–Trinajstić information content (AvgIpc) is 2.95. The minimum Gasteiger partial charge on any atom is -0.491 e. The lowest BCUT2D eigenvalue weighted by Gasteiger charge is -2.33. The van der Waals surface area contributed by atoms with Crippen LogP contribution in [0.1, 0.15) is 32.6 Å². The topological polar surface area (TPSA) is 87.0 Å². The zero-order chi connectivity index (χ0) is 31.1. The largest absolute Gasteiger partial charge is 0.491 e. The molecule has 0 radical (unpaired) electrons. The Hall–Kier alpha value is -3.82. The van der Waals surface area contributed by atoms with Crippen LogP contribution in [0.25, 0.3) is 0 Å². The molecule has 8 nitrogen and oxygen atoms in total. The molecule has 43 heavy (non-hydrogen) atoms. The molecular formula is C31H34ClF3N6O2. The highest BCUT2D eigenvalue weighted by Crippen LogP contribution is 2.35. The molecule has 1 amide bonds. The summed E-state index contributed by atoms with van der Waals surface area (Å²) in [5.74, 6) is 5.93. The first-order chi connectivity index (χ1) is 20.4. The van der Waals surface area contributed by atoms with Gasteiger partial charge in [0.05, 0.1) is 22.3 Å². The van der Waals surface area contributed by atoms with Crippen molar-refractivity contribution < 1.29 is 22.7 Å². The van der Waals surface area contributed by atoms with Crippen LogP contribution in [-0.2, 0) is 12.7 Å². The zero-order valence-electron chi connectivity index (χ0n) is 24.3. The molecule has 0 unspecified atom stereocenters. The molecule has 3 aromatic rings. The number of pyridine rings is 1. The number of carbonyl (C=O) groups is 1. The third-order valence-electron chi connectivity index (χ3n) is 6.92. The van der Waals surface area contributed by atoms with Gasteiger partial charge in [-0.05, 0) is 57.0 Å². The Labute approximate surface area is 254 Å². The van der Waals surface area contributed by atoms with Gasteiger partial charge in [0.1, 0.15) is 18.2 Å². The van der Waals surface area contributed by atoms with E-state index in [0.29, 0.717) is 48.1 Å².